The number of hydrogen-bond donors (Lipinski definition) is 3. The Kier molecular flexibility index (Phi) is 8.46. The van der Waals surface area contributed by atoms with Crippen LogP contribution >= 0.6 is 0 Å². The second-order valence-corrected chi connectivity index (χ2v) is 8.95. The largest absolute Gasteiger partial charge is 0.453 e. The summed E-state index contributed by atoms with van der Waals surface area (Å²) in [6, 6.07) is 14.3. The van der Waals surface area contributed by atoms with Crippen molar-refractivity contribution in [1.29, 1.82) is 0 Å². The van der Waals surface area contributed by atoms with Gasteiger partial charge in [0.25, 0.3) is 0 Å². The number of benzene rings is 2. The second kappa shape index (κ2) is 11.5. The van der Waals surface area contributed by atoms with Gasteiger partial charge in [-0.1, -0.05) is 38.1 Å². The van der Waals surface area contributed by atoms with E-state index in [9.17, 15) is 19.2 Å². The number of methoxy groups -OCH3 is 1. The zero-order valence-electron chi connectivity index (χ0n) is 20.5. The molecule has 0 aliphatic carbocycles. The van der Waals surface area contributed by atoms with Gasteiger partial charge < -0.3 is 25.6 Å². The van der Waals surface area contributed by atoms with Crippen molar-refractivity contribution in [2.45, 2.75) is 33.2 Å². The first-order valence-electron chi connectivity index (χ1n) is 11.6. The highest BCUT2D eigenvalue weighted by Crippen LogP contribution is 2.25. The van der Waals surface area contributed by atoms with Crippen LogP contribution in [-0.2, 0) is 19.1 Å². The van der Waals surface area contributed by atoms with E-state index < -0.39 is 12.1 Å². The van der Waals surface area contributed by atoms with E-state index in [1.807, 2.05) is 62.4 Å². The van der Waals surface area contributed by atoms with Gasteiger partial charge in [-0.15, -0.1) is 0 Å². The highest BCUT2D eigenvalue weighted by atomic mass is 16.5. The Labute approximate surface area is 205 Å². The number of carbonyl (C=O) groups is 4. The molecular weight excluding hydrogens is 448 g/mol. The monoisotopic (exact) mass is 480 g/mol. The lowest BCUT2D eigenvalue weighted by Gasteiger charge is -2.26. The molecule has 0 aromatic heterocycles. The minimum atomic E-state index is -0.705. The number of amides is 4. The van der Waals surface area contributed by atoms with E-state index in [2.05, 4.69) is 20.7 Å². The number of carbonyl (C=O) groups excluding carboxylic acids is 4. The molecule has 2 aromatic rings. The molecular formula is C26H32N4O5. The van der Waals surface area contributed by atoms with Gasteiger partial charge in [-0.2, -0.15) is 0 Å². The number of nitrogens with zero attached hydrogens (tertiary/aromatic N) is 1. The SMILES string of the molecule is COC(=O)N[C@H](C(=O)N1CC[C@H](C(=O)Nc2ccc(-c3ccc(NC(C)=O)cc3)cc2)C1)C(C)C. The molecule has 1 aliphatic heterocycles. The molecule has 0 unspecified atom stereocenters. The molecule has 0 bridgehead atoms. The Morgan fingerprint density at radius 3 is 1.94 bits per heavy atom. The minimum absolute atomic E-state index is 0.116. The lowest BCUT2D eigenvalue weighted by atomic mass is 10.0. The lowest BCUT2D eigenvalue weighted by Crippen LogP contribution is -2.50. The smallest absolute Gasteiger partial charge is 0.407 e. The topological polar surface area (TPSA) is 117 Å². The second-order valence-electron chi connectivity index (χ2n) is 8.95. The van der Waals surface area contributed by atoms with Crippen molar-refractivity contribution >= 4 is 35.2 Å². The third kappa shape index (κ3) is 6.81. The van der Waals surface area contributed by atoms with Gasteiger partial charge in [0.1, 0.15) is 6.04 Å². The summed E-state index contributed by atoms with van der Waals surface area (Å²) in [5.41, 5.74) is 3.37. The van der Waals surface area contributed by atoms with Crippen LogP contribution in [0.15, 0.2) is 48.5 Å². The first-order chi connectivity index (χ1) is 16.7. The van der Waals surface area contributed by atoms with Crippen molar-refractivity contribution in [2.24, 2.45) is 11.8 Å². The summed E-state index contributed by atoms with van der Waals surface area (Å²) in [7, 11) is 1.25. The summed E-state index contributed by atoms with van der Waals surface area (Å²) in [5.74, 6) is -0.921. The van der Waals surface area contributed by atoms with E-state index in [-0.39, 0.29) is 29.6 Å². The van der Waals surface area contributed by atoms with Crippen LogP contribution in [0.4, 0.5) is 16.2 Å². The van der Waals surface area contributed by atoms with Crippen LogP contribution < -0.4 is 16.0 Å². The van der Waals surface area contributed by atoms with Crippen LogP contribution in [0.25, 0.3) is 11.1 Å². The number of likely N-dealkylation sites (tertiary alicyclic amines) is 1. The van der Waals surface area contributed by atoms with Crippen molar-refractivity contribution in [3.8, 4) is 11.1 Å². The molecule has 0 radical (unpaired) electrons. The van der Waals surface area contributed by atoms with Gasteiger partial charge in [-0.3, -0.25) is 14.4 Å². The first kappa shape index (κ1) is 25.7. The molecule has 1 aliphatic rings. The number of anilines is 2. The Balaban J connectivity index is 1.57. The third-order valence-electron chi connectivity index (χ3n) is 5.95. The highest BCUT2D eigenvalue weighted by molar-refractivity contribution is 5.94. The van der Waals surface area contributed by atoms with Gasteiger partial charge in [0, 0.05) is 31.4 Å². The summed E-state index contributed by atoms with van der Waals surface area (Å²) >= 11 is 0. The average Bonchev–Trinajstić information content (AvgIpc) is 3.33. The molecule has 9 nitrogen and oxygen atoms in total. The Hall–Kier alpha value is -3.88. The number of rotatable bonds is 7. The van der Waals surface area contributed by atoms with Crippen LogP contribution in [-0.4, -0.2) is 55.0 Å². The molecule has 0 spiro atoms. The van der Waals surface area contributed by atoms with Gasteiger partial charge in [0.2, 0.25) is 17.7 Å². The number of alkyl carbamates (subject to hydrolysis) is 1. The first-order valence-corrected chi connectivity index (χ1v) is 11.6. The predicted octanol–water partition coefficient (Wildman–Crippen LogP) is 3.48. The molecule has 186 valence electrons. The van der Waals surface area contributed by atoms with Crippen LogP contribution in [0.3, 0.4) is 0 Å². The van der Waals surface area contributed by atoms with Crippen molar-refractivity contribution in [3.63, 3.8) is 0 Å². The predicted molar refractivity (Wildman–Crippen MR) is 134 cm³/mol. The molecule has 1 saturated heterocycles. The summed E-state index contributed by atoms with van der Waals surface area (Å²) in [5, 5.41) is 8.26. The third-order valence-corrected chi connectivity index (χ3v) is 5.95. The molecule has 2 atom stereocenters. The van der Waals surface area contributed by atoms with Crippen LogP contribution in [0, 0.1) is 11.8 Å². The summed E-state index contributed by atoms with van der Waals surface area (Å²) in [4.78, 5) is 50.1. The Morgan fingerprint density at radius 1 is 0.914 bits per heavy atom. The fourth-order valence-electron chi connectivity index (χ4n) is 4.01. The highest BCUT2D eigenvalue weighted by Gasteiger charge is 2.36. The van der Waals surface area contributed by atoms with Crippen LogP contribution in [0.2, 0.25) is 0 Å². The fourth-order valence-corrected chi connectivity index (χ4v) is 4.01. The van der Waals surface area contributed by atoms with E-state index in [0.29, 0.717) is 25.2 Å². The van der Waals surface area contributed by atoms with Crippen LogP contribution in [0.1, 0.15) is 27.2 Å². The molecule has 0 saturated carbocycles. The summed E-state index contributed by atoms with van der Waals surface area (Å²) in [6.07, 6.45) is -0.100. The fraction of sp³-hybridized carbons (Fsp3) is 0.385. The maximum Gasteiger partial charge on any atom is 0.407 e. The van der Waals surface area contributed by atoms with Gasteiger partial charge >= 0.3 is 6.09 Å². The molecule has 2 aromatic carbocycles. The van der Waals surface area contributed by atoms with E-state index in [4.69, 9.17) is 0 Å². The molecule has 1 heterocycles. The molecule has 3 rings (SSSR count). The standard InChI is InChI=1S/C26H32N4O5/c1-16(2)23(29-26(34)35-4)25(33)30-14-13-20(15-30)24(32)28-22-11-7-19(8-12-22)18-5-9-21(10-6-18)27-17(3)31/h5-12,16,20,23H,13-15H2,1-4H3,(H,27,31)(H,28,32)(H,29,34)/t20-,23-/m0/s1. The molecule has 35 heavy (non-hydrogen) atoms. The minimum Gasteiger partial charge on any atom is -0.453 e. The summed E-state index contributed by atoms with van der Waals surface area (Å²) in [6.45, 7) is 5.91. The number of ether oxygens (including phenoxy) is 1. The zero-order valence-corrected chi connectivity index (χ0v) is 20.5. The zero-order chi connectivity index (χ0) is 25.5. The molecule has 4 amide bonds. The van der Waals surface area contributed by atoms with E-state index >= 15 is 0 Å². The van der Waals surface area contributed by atoms with E-state index in [1.54, 1.807) is 4.90 Å². The Bertz CT molecular complexity index is 1070. The van der Waals surface area contributed by atoms with Gasteiger partial charge in [-0.25, -0.2) is 4.79 Å². The normalized spacial score (nSPS) is 15.9. The maximum atomic E-state index is 12.9. The van der Waals surface area contributed by atoms with E-state index in [1.165, 1.54) is 14.0 Å². The van der Waals surface area contributed by atoms with Crippen molar-refractivity contribution in [2.75, 3.05) is 30.8 Å². The molecule has 9 heteroatoms. The Morgan fingerprint density at radius 2 is 1.46 bits per heavy atom. The van der Waals surface area contributed by atoms with Crippen molar-refractivity contribution < 1.29 is 23.9 Å². The maximum absolute atomic E-state index is 12.9. The van der Waals surface area contributed by atoms with Crippen molar-refractivity contribution in [1.82, 2.24) is 10.2 Å². The van der Waals surface area contributed by atoms with E-state index in [0.717, 1.165) is 16.8 Å². The molecule has 3 N–H and O–H groups in total. The lowest BCUT2D eigenvalue weighted by molar-refractivity contribution is -0.133. The number of hydrogen-bond acceptors (Lipinski definition) is 5. The average molecular weight is 481 g/mol. The van der Waals surface area contributed by atoms with Gasteiger partial charge in [0.05, 0.1) is 13.0 Å². The van der Waals surface area contributed by atoms with Gasteiger partial charge in [-0.05, 0) is 47.7 Å². The number of nitrogens with one attached hydrogen (secondary N) is 3. The molecule has 1 fully saturated rings. The van der Waals surface area contributed by atoms with Crippen LogP contribution in [0.5, 0.6) is 0 Å². The van der Waals surface area contributed by atoms with Crippen molar-refractivity contribution in [3.05, 3.63) is 48.5 Å². The van der Waals surface area contributed by atoms with Gasteiger partial charge in [0.15, 0.2) is 0 Å². The quantitative estimate of drug-likeness (QED) is 0.561. The summed E-state index contributed by atoms with van der Waals surface area (Å²) < 4.78 is 4.62.